The molecule has 1 aromatic rings. The van der Waals surface area contributed by atoms with Crippen LogP contribution >= 0.6 is 11.6 Å². The van der Waals surface area contributed by atoms with E-state index in [-0.39, 0.29) is 0 Å². The van der Waals surface area contributed by atoms with Gasteiger partial charge in [0.05, 0.1) is 6.57 Å². The first-order chi connectivity index (χ1) is 4.74. The zero-order chi connectivity index (χ0) is 7.56. The van der Waals surface area contributed by atoms with E-state index >= 15 is 0 Å². The average Bonchev–Trinajstić information content (AvgIpc) is 1.94. The fourth-order valence-electron chi connectivity index (χ4n) is 0.610. The van der Waals surface area contributed by atoms with Crippen molar-refractivity contribution in [2.24, 2.45) is 0 Å². The zero-order valence-electron chi connectivity index (χ0n) is 5.43. The standard InChI is InChI=1S/C7H5ClN2/c1-5-7(9-2)3-6(8)4-10-5/h3-4H,1H3. The molecular weight excluding hydrogens is 148 g/mol. The van der Waals surface area contributed by atoms with Gasteiger partial charge in [-0.1, -0.05) is 11.6 Å². The summed E-state index contributed by atoms with van der Waals surface area (Å²) >= 11 is 5.59. The number of aryl methyl sites for hydroxylation is 1. The Bertz CT molecular complexity index is 288. The van der Waals surface area contributed by atoms with Gasteiger partial charge in [-0.15, -0.1) is 0 Å². The Kier molecular flexibility index (Phi) is 1.88. The van der Waals surface area contributed by atoms with Gasteiger partial charge in [-0.2, -0.15) is 0 Å². The topological polar surface area (TPSA) is 17.2 Å². The highest BCUT2D eigenvalue weighted by molar-refractivity contribution is 6.30. The van der Waals surface area contributed by atoms with Gasteiger partial charge in [0, 0.05) is 16.9 Å². The highest BCUT2D eigenvalue weighted by Gasteiger charge is 1.97. The van der Waals surface area contributed by atoms with Gasteiger partial charge in [-0.3, -0.25) is 4.98 Å². The van der Waals surface area contributed by atoms with Gasteiger partial charge in [0.15, 0.2) is 0 Å². The van der Waals surface area contributed by atoms with Gasteiger partial charge in [0.1, 0.15) is 0 Å². The summed E-state index contributed by atoms with van der Waals surface area (Å²) in [6.07, 6.45) is 1.53. The SMILES string of the molecule is [C-]#[N+]c1cc(Cl)cnc1C. The second kappa shape index (κ2) is 2.68. The number of nitrogens with zero attached hydrogens (tertiary/aromatic N) is 2. The lowest BCUT2D eigenvalue weighted by molar-refractivity contribution is 1.21. The van der Waals surface area contributed by atoms with Gasteiger partial charge < -0.3 is 0 Å². The summed E-state index contributed by atoms with van der Waals surface area (Å²) in [5.41, 5.74) is 1.24. The van der Waals surface area contributed by atoms with Gasteiger partial charge in [0.25, 0.3) is 0 Å². The van der Waals surface area contributed by atoms with Crippen LogP contribution in [-0.2, 0) is 0 Å². The van der Waals surface area contributed by atoms with E-state index in [1.807, 2.05) is 0 Å². The number of aromatic nitrogens is 1. The van der Waals surface area contributed by atoms with Crippen LogP contribution in [-0.4, -0.2) is 4.98 Å². The van der Waals surface area contributed by atoms with E-state index in [1.165, 1.54) is 6.20 Å². The van der Waals surface area contributed by atoms with Crippen LogP contribution in [0.3, 0.4) is 0 Å². The molecule has 0 radical (unpaired) electrons. The fraction of sp³-hybridized carbons (Fsp3) is 0.143. The minimum absolute atomic E-state index is 0.511. The first-order valence-electron chi connectivity index (χ1n) is 2.73. The number of pyridine rings is 1. The minimum atomic E-state index is 0.511. The van der Waals surface area contributed by atoms with Crippen molar-refractivity contribution in [3.8, 4) is 0 Å². The van der Waals surface area contributed by atoms with Crippen molar-refractivity contribution in [1.82, 2.24) is 4.98 Å². The predicted octanol–water partition coefficient (Wildman–Crippen LogP) is 2.59. The van der Waals surface area contributed by atoms with E-state index in [1.54, 1.807) is 13.0 Å². The second-order valence-corrected chi connectivity index (χ2v) is 2.31. The lowest BCUT2D eigenvalue weighted by Crippen LogP contribution is -1.78. The third-order valence-electron chi connectivity index (χ3n) is 1.15. The first-order valence-corrected chi connectivity index (χ1v) is 3.11. The maximum absolute atomic E-state index is 6.71. The molecule has 0 aromatic carbocycles. The van der Waals surface area contributed by atoms with Crippen molar-refractivity contribution in [3.63, 3.8) is 0 Å². The van der Waals surface area contributed by atoms with Crippen LogP contribution in [0.1, 0.15) is 5.69 Å². The Morgan fingerprint density at radius 3 is 2.90 bits per heavy atom. The highest BCUT2D eigenvalue weighted by Crippen LogP contribution is 2.19. The number of rotatable bonds is 0. The predicted molar refractivity (Wildman–Crippen MR) is 40.2 cm³/mol. The van der Waals surface area contributed by atoms with Crippen LogP contribution in [0.2, 0.25) is 5.02 Å². The monoisotopic (exact) mass is 152 g/mol. The van der Waals surface area contributed by atoms with Crippen LogP contribution in [0, 0.1) is 13.5 Å². The number of hydrogen-bond acceptors (Lipinski definition) is 1. The quantitative estimate of drug-likeness (QED) is 0.523. The van der Waals surface area contributed by atoms with Crippen LogP contribution in [0.4, 0.5) is 5.69 Å². The molecule has 2 nitrogen and oxygen atoms in total. The summed E-state index contributed by atoms with van der Waals surface area (Å²) in [7, 11) is 0. The molecule has 0 bridgehead atoms. The molecular formula is C7H5ClN2. The molecule has 1 heterocycles. The maximum atomic E-state index is 6.71. The van der Waals surface area contributed by atoms with Crippen molar-refractivity contribution in [3.05, 3.63) is 34.4 Å². The van der Waals surface area contributed by atoms with E-state index < -0.39 is 0 Å². The Labute approximate surface area is 64.3 Å². The molecule has 0 amide bonds. The lowest BCUT2D eigenvalue weighted by atomic mass is 10.3. The van der Waals surface area contributed by atoms with Crippen molar-refractivity contribution < 1.29 is 0 Å². The highest BCUT2D eigenvalue weighted by atomic mass is 35.5. The van der Waals surface area contributed by atoms with Crippen LogP contribution in [0.25, 0.3) is 4.85 Å². The molecule has 50 valence electrons. The summed E-state index contributed by atoms with van der Waals surface area (Å²) in [4.78, 5) is 7.14. The third kappa shape index (κ3) is 1.26. The molecule has 0 aliphatic rings. The van der Waals surface area contributed by atoms with Gasteiger partial charge in [-0.25, -0.2) is 4.85 Å². The summed E-state index contributed by atoms with van der Waals surface area (Å²) in [5, 5.41) is 0.511. The number of halogens is 1. The van der Waals surface area contributed by atoms with Crippen molar-refractivity contribution >= 4 is 17.3 Å². The molecule has 0 atom stereocenters. The molecule has 0 fully saturated rings. The molecule has 1 aromatic heterocycles. The van der Waals surface area contributed by atoms with E-state index in [0.717, 1.165) is 5.69 Å². The summed E-state index contributed by atoms with van der Waals surface area (Å²) in [5.74, 6) is 0. The van der Waals surface area contributed by atoms with E-state index in [2.05, 4.69) is 9.83 Å². The van der Waals surface area contributed by atoms with Crippen molar-refractivity contribution in [1.29, 1.82) is 0 Å². The van der Waals surface area contributed by atoms with Crippen LogP contribution in [0.15, 0.2) is 12.3 Å². The fourth-order valence-corrected chi connectivity index (χ4v) is 0.762. The normalized spacial score (nSPS) is 8.90. The Morgan fingerprint density at radius 2 is 2.40 bits per heavy atom. The molecule has 0 spiro atoms. The van der Waals surface area contributed by atoms with Crippen LogP contribution < -0.4 is 0 Å². The molecule has 0 saturated carbocycles. The third-order valence-corrected chi connectivity index (χ3v) is 1.35. The molecule has 10 heavy (non-hydrogen) atoms. The molecule has 0 unspecified atom stereocenters. The summed E-state index contributed by atoms with van der Waals surface area (Å²) < 4.78 is 0. The Morgan fingerprint density at radius 1 is 1.70 bits per heavy atom. The largest absolute Gasteiger partial charge is 0.272 e. The van der Waals surface area contributed by atoms with Crippen LogP contribution in [0.5, 0.6) is 0 Å². The van der Waals surface area contributed by atoms with Crippen molar-refractivity contribution in [2.45, 2.75) is 6.92 Å². The van der Waals surface area contributed by atoms with E-state index in [9.17, 15) is 0 Å². The summed E-state index contributed by atoms with van der Waals surface area (Å²) in [6.45, 7) is 8.49. The smallest absolute Gasteiger partial charge is 0.209 e. The number of hydrogen-bond donors (Lipinski definition) is 0. The van der Waals surface area contributed by atoms with E-state index in [4.69, 9.17) is 18.2 Å². The van der Waals surface area contributed by atoms with Crippen molar-refractivity contribution in [2.75, 3.05) is 0 Å². The zero-order valence-corrected chi connectivity index (χ0v) is 6.18. The molecule has 0 N–H and O–H groups in total. The van der Waals surface area contributed by atoms with Gasteiger partial charge in [-0.05, 0) is 13.0 Å². The molecule has 1 rings (SSSR count). The van der Waals surface area contributed by atoms with Gasteiger partial charge in [0.2, 0.25) is 5.69 Å². The Balaban J connectivity index is 3.25. The van der Waals surface area contributed by atoms with E-state index in [0.29, 0.717) is 10.7 Å². The molecule has 0 aliphatic heterocycles. The minimum Gasteiger partial charge on any atom is -0.272 e. The molecule has 0 aliphatic carbocycles. The first kappa shape index (κ1) is 7.04. The maximum Gasteiger partial charge on any atom is 0.209 e. The lowest BCUT2D eigenvalue weighted by Gasteiger charge is -1.94. The van der Waals surface area contributed by atoms with Gasteiger partial charge >= 0.3 is 0 Å². The second-order valence-electron chi connectivity index (χ2n) is 1.87. The summed E-state index contributed by atoms with van der Waals surface area (Å²) in [6, 6.07) is 1.61. The average molecular weight is 153 g/mol. The molecule has 0 saturated heterocycles. The Hall–Kier alpha value is -1.07. The molecule has 3 heteroatoms.